The molecule has 1 aromatic rings. The van der Waals surface area contributed by atoms with E-state index in [1.807, 2.05) is 0 Å². The highest BCUT2D eigenvalue weighted by Gasteiger charge is 2.31. The Balaban J connectivity index is 2.97. The molecule has 0 saturated carbocycles. The number of anilines is 1. The second-order valence-corrected chi connectivity index (χ2v) is 5.33. The van der Waals surface area contributed by atoms with Crippen LogP contribution in [0.2, 0.25) is 0 Å². The molecule has 0 N–H and O–H groups in total. The number of aromatic nitrogens is 1. The fourth-order valence-corrected chi connectivity index (χ4v) is 2.66. The minimum absolute atomic E-state index is 0.0777. The van der Waals surface area contributed by atoms with Crippen molar-refractivity contribution in [1.29, 1.82) is 0 Å². The summed E-state index contributed by atoms with van der Waals surface area (Å²) in [6, 6.07) is 1.64. The minimum atomic E-state index is -4.29. The first-order valence-electron chi connectivity index (χ1n) is 4.52. The summed E-state index contributed by atoms with van der Waals surface area (Å²) in [4.78, 5) is 5.04. The zero-order valence-electron chi connectivity index (χ0n) is 8.44. The van der Waals surface area contributed by atoms with E-state index in [9.17, 15) is 13.2 Å². The Hall–Kier alpha value is -0.0100. The van der Waals surface area contributed by atoms with Gasteiger partial charge in [-0.3, -0.25) is 0 Å². The summed E-state index contributed by atoms with van der Waals surface area (Å²) in [6.07, 6.45) is -2.85. The van der Waals surface area contributed by atoms with Crippen LogP contribution < -0.4 is 4.90 Å². The van der Waals surface area contributed by atoms with Gasteiger partial charge in [0.05, 0.1) is 4.47 Å². The Labute approximate surface area is 118 Å². The predicted molar refractivity (Wildman–Crippen MR) is 68.6 cm³/mol. The number of pyridine rings is 1. The van der Waals surface area contributed by atoms with Gasteiger partial charge in [-0.05, 0) is 37.9 Å². The van der Waals surface area contributed by atoms with Crippen molar-refractivity contribution in [3.05, 3.63) is 21.2 Å². The maximum Gasteiger partial charge on any atom is 0.405 e. The fraction of sp³-hybridized carbons (Fsp3) is 0.444. The van der Waals surface area contributed by atoms with E-state index >= 15 is 0 Å². The van der Waals surface area contributed by atoms with Gasteiger partial charge in [0.1, 0.15) is 12.4 Å². The largest absolute Gasteiger partial charge is 0.405 e. The first-order valence-corrected chi connectivity index (χ1v) is 6.64. The first kappa shape index (κ1) is 15.0. The van der Waals surface area contributed by atoms with Gasteiger partial charge >= 0.3 is 6.18 Å². The molecule has 96 valence electrons. The zero-order chi connectivity index (χ0) is 13.1. The van der Waals surface area contributed by atoms with Crippen LogP contribution in [0.1, 0.15) is 0 Å². The number of rotatable bonds is 4. The molecule has 0 fully saturated rings. The molecule has 2 nitrogen and oxygen atoms in total. The summed E-state index contributed by atoms with van der Waals surface area (Å²) in [5, 5.41) is 0. The number of alkyl halides is 4. The lowest BCUT2D eigenvalue weighted by atomic mass is 10.4. The van der Waals surface area contributed by atoms with Crippen LogP contribution in [0.3, 0.4) is 0 Å². The Bertz CT molecular complexity index is 387. The van der Waals surface area contributed by atoms with Crippen LogP contribution in [0.15, 0.2) is 21.2 Å². The second-order valence-electron chi connectivity index (χ2n) is 3.18. The molecule has 0 spiro atoms. The summed E-state index contributed by atoms with van der Waals surface area (Å²) < 4.78 is 38.3. The maximum absolute atomic E-state index is 12.4. The molecule has 0 atom stereocenters. The lowest BCUT2D eigenvalue weighted by Crippen LogP contribution is -2.36. The lowest BCUT2D eigenvalue weighted by Gasteiger charge is -2.24. The van der Waals surface area contributed by atoms with Gasteiger partial charge < -0.3 is 4.90 Å². The van der Waals surface area contributed by atoms with Crippen LogP contribution in [-0.4, -0.2) is 30.1 Å². The molecule has 17 heavy (non-hydrogen) atoms. The molecular weight excluding hydrogens is 388 g/mol. The first-order chi connectivity index (χ1) is 7.83. The molecule has 1 aromatic heterocycles. The molecule has 0 saturated heterocycles. The average molecular weight is 396 g/mol. The van der Waals surface area contributed by atoms with Crippen molar-refractivity contribution >= 4 is 49.3 Å². The van der Waals surface area contributed by atoms with E-state index in [0.717, 1.165) is 4.90 Å². The van der Waals surface area contributed by atoms with Crippen molar-refractivity contribution in [3.63, 3.8) is 0 Å². The van der Waals surface area contributed by atoms with E-state index in [0.29, 0.717) is 8.95 Å². The average Bonchev–Trinajstić information content (AvgIpc) is 2.14. The molecular formula is C9H8Br2ClF3N2. The zero-order valence-corrected chi connectivity index (χ0v) is 12.4. The molecule has 0 bridgehead atoms. The van der Waals surface area contributed by atoms with Crippen LogP contribution in [-0.2, 0) is 0 Å². The van der Waals surface area contributed by atoms with Crippen LogP contribution in [0.5, 0.6) is 0 Å². The van der Waals surface area contributed by atoms with Crippen molar-refractivity contribution in [2.75, 3.05) is 23.9 Å². The molecule has 0 radical (unpaired) electrons. The number of hydrogen-bond donors (Lipinski definition) is 0. The third-order valence-electron chi connectivity index (χ3n) is 1.81. The molecule has 0 aliphatic rings. The monoisotopic (exact) mass is 394 g/mol. The maximum atomic E-state index is 12.4. The van der Waals surface area contributed by atoms with E-state index in [-0.39, 0.29) is 18.2 Å². The van der Waals surface area contributed by atoms with Gasteiger partial charge in [0.2, 0.25) is 0 Å². The number of nitrogens with zero attached hydrogens (tertiary/aromatic N) is 2. The number of hydrogen-bond acceptors (Lipinski definition) is 2. The predicted octanol–water partition coefficient (Wildman–Crippen LogP) is 4.21. The van der Waals surface area contributed by atoms with Crippen LogP contribution in [0.4, 0.5) is 19.0 Å². The smallest absolute Gasteiger partial charge is 0.345 e. The SMILES string of the molecule is FC(F)(F)CN(CCCl)c1ncc(Br)cc1Br. The van der Waals surface area contributed by atoms with Crippen molar-refractivity contribution in [2.45, 2.75) is 6.18 Å². The molecule has 1 rings (SSSR count). The lowest BCUT2D eigenvalue weighted by molar-refractivity contribution is -0.119. The van der Waals surface area contributed by atoms with Gasteiger partial charge in [-0.15, -0.1) is 11.6 Å². The third-order valence-corrected chi connectivity index (χ3v) is 3.00. The van der Waals surface area contributed by atoms with Gasteiger partial charge in [0, 0.05) is 23.1 Å². The van der Waals surface area contributed by atoms with E-state index in [4.69, 9.17) is 11.6 Å². The Morgan fingerprint density at radius 1 is 1.35 bits per heavy atom. The van der Waals surface area contributed by atoms with E-state index in [1.54, 1.807) is 6.07 Å². The normalized spacial score (nSPS) is 11.6. The molecule has 0 aromatic carbocycles. The van der Waals surface area contributed by atoms with E-state index < -0.39 is 12.7 Å². The van der Waals surface area contributed by atoms with E-state index in [2.05, 4.69) is 36.8 Å². The molecule has 0 aliphatic heterocycles. The topological polar surface area (TPSA) is 16.1 Å². The van der Waals surface area contributed by atoms with Gasteiger partial charge in [-0.2, -0.15) is 13.2 Å². The Kier molecular flexibility index (Phi) is 5.53. The molecule has 0 aliphatic carbocycles. The summed E-state index contributed by atoms with van der Waals surface area (Å²) >= 11 is 11.9. The quantitative estimate of drug-likeness (QED) is 0.709. The summed E-state index contributed by atoms with van der Waals surface area (Å²) in [5.74, 6) is 0.325. The molecule has 0 amide bonds. The van der Waals surface area contributed by atoms with Crippen LogP contribution in [0.25, 0.3) is 0 Å². The molecule has 1 heterocycles. The van der Waals surface area contributed by atoms with Gasteiger partial charge in [-0.25, -0.2) is 4.98 Å². The highest BCUT2D eigenvalue weighted by Crippen LogP contribution is 2.29. The molecule has 0 unspecified atom stereocenters. The second kappa shape index (κ2) is 6.24. The Morgan fingerprint density at radius 3 is 2.47 bits per heavy atom. The van der Waals surface area contributed by atoms with Gasteiger partial charge in [0.25, 0.3) is 0 Å². The van der Waals surface area contributed by atoms with Gasteiger partial charge in [0.15, 0.2) is 0 Å². The summed E-state index contributed by atoms with van der Waals surface area (Å²) in [6.45, 7) is -0.999. The minimum Gasteiger partial charge on any atom is -0.345 e. The number of halogens is 6. The fourth-order valence-electron chi connectivity index (χ4n) is 1.22. The third kappa shape index (κ3) is 5.01. The van der Waals surface area contributed by atoms with Crippen molar-refractivity contribution in [2.24, 2.45) is 0 Å². The summed E-state index contributed by atoms with van der Waals surface area (Å²) in [5.41, 5.74) is 0. The van der Waals surface area contributed by atoms with Crippen molar-refractivity contribution < 1.29 is 13.2 Å². The Morgan fingerprint density at radius 2 is 2.00 bits per heavy atom. The standard InChI is InChI=1S/C9H8Br2ClF3N2/c10-6-3-7(11)8(16-4-6)17(2-1-12)5-9(13,14)15/h3-4H,1-2,5H2. The van der Waals surface area contributed by atoms with Gasteiger partial charge in [-0.1, -0.05) is 0 Å². The van der Waals surface area contributed by atoms with Crippen molar-refractivity contribution in [3.8, 4) is 0 Å². The van der Waals surface area contributed by atoms with Crippen LogP contribution >= 0.6 is 43.5 Å². The summed E-state index contributed by atoms with van der Waals surface area (Å²) in [7, 11) is 0. The van der Waals surface area contributed by atoms with Crippen molar-refractivity contribution in [1.82, 2.24) is 4.98 Å². The molecule has 8 heteroatoms. The van der Waals surface area contributed by atoms with E-state index in [1.165, 1.54) is 6.20 Å². The highest BCUT2D eigenvalue weighted by molar-refractivity contribution is 9.11. The van der Waals surface area contributed by atoms with Crippen LogP contribution in [0, 0.1) is 0 Å². The highest BCUT2D eigenvalue weighted by atomic mass is 79.9.